The van der Waals surface area contributed by atoms with Crippen molar-refractivity contribution < 1.29 is 14.3 Å². The van der Waals surface area contributed by atoms with E-state index in [1.165, 1.54) is 22.3 Å². The van der Waals surface area contributed by atoms with Gasteiger partial charge in [0.15, 0.2) is 0 Å². The summed E-state index contributed by atoms with van der Waals surface area (Å²) in [6.07, 6.45) is 0.940. The maximum absolute atomic E-state index is 10.5. The second kappa shape index (κ2) is 8.74. The molecule has 3 aromatic carbocycles. The Hall–Kier alpha value is -3.07. The minimum absolute atomic E-state index is 0.00283. The number of benzene rings is 3. The lowest BCUT2D eigenvalue weighted by Gasteiger charge is -2.29. The highest BCUT2D eigenvalue weighted by molar-refractivity contribution is 5.47. The first-order chi connectivity index (χ1) is 14.3. The first kappa shape index (κ1) is 21.6. The number of methoxy groups -OCH3 is 1. The summed E-state index contributed by atoms with van der Waals surface area (Å²) in [4.78, 5) is 10.5. The molecule has 0 aliphatic heterocycles. The summed E-state index contributed by atoms with van der Waals surface area (Å²) < 4.78 is 10.2. The standard InChI is InChI=1S/C27H30O3/c1-26(2,21-9-13-24(29-5)14-10-21)18-20-7-6-8-23(17-20)27(3,4)22-11-15-25(16-12-22)30-19-28/h6-17,19H,18H2,1-5H3. The van der Waals surface area contributed by atoms with Gasteiger partial charge in [-0.15, -0.1) is 0 Å². The SMILES string of the molecule is COc1ccc(C(C)(C)Cc2cccc(C(C)(C)c3ccc(OC=O)cc3)c2)cc1. The van der Waals surface area contributed by atoms with Gasteiger partial charge in [0.25, 0.3) is 6.47 Å². The molecule has 156 valence electrons. The van der Waals surface area contributed by atoms with Crippen LogP contribution in [0.5, 0.6) is 11.5 Å². The maximum atomic E-state index is 10.5. The quantitative estimate of drug-likeness (QED) is 0.429. The van der Waals surface area contributed by atoms with Gasteiger partial charge in [-0.3, -0.25) is 4.79 Å². The summed E-state index contributed by atoms with van der Waals surface area (Å²) in [6, 6.07) is 24.9. The summed E-state index contributed by atoms with van der Waals surface area (Å²) in [7, 11) is 1.69. The van der Waals surface area contributed by atoms with Gasteiger partial charge in [-0.1, -0.05) is 76.2 Å². The van der Waals surface area contributed by atoms with Crippen LogP contribution in [0.15, 0.2) is 72.8 Å². The molecule has 3 heteroatoms. The Labute approximate surface area is 179 Å². The molecule has 0 aliphatic rings. The molecule has 30 heavy (non-hydrogen) atoms. The highest BCUT2D eigenvalue weighted by Crippen LogP contribution is 2.35. The summed E-state index contributed by atoms with van der Waals surface area (Å²) in [5.41, 5.74) is 4.87. The average Bonchev–Trinajstić information content (AvgIpc) is 2.74. The summed E-state index contributed by atoms with van der Waals surface area (Å²) in [5.74, 6) is 1.43. The lowest BCUT2D eigenvalue weighted by Crippen LogP contribution is -2.22. The molecule has 0 atom stereocenters. The Morgan fingerprint density at radius 1 is 0.767 bits per heavy atom. The zero-order valence-corrected chi connectivity index (χ0v) is 18.4. The number of hydrogen-bond donors (Lipinski definition) is 0. The number of rotatable bonds is 8. The van der Waals surface area contributed by atoms with E-state index in [0.717, 1.165) is 12.2 Å². The van der Waals surface area contributed by atoms with Crippen LogP contribution in [0.2, 0.25) is 0 Å². The molecule has 0 fully saturated rings. The van der Waals surface area contributed by atoms with E-state index in [1.54, 1.807) is 7.11 Å². The number of carbonyl (C=O) groups is 1. The molecule has 0 amide bonds. The van der Waals surface area contributed by atoms with Gasteiger partial charge >= 0.3 is 0 Å². The third kappa shape index (κ3) is 4.73. The van der Waals surface area contributed by atoms with Crippen LogP contribution in [0.4, 0.5) is 0 Å². The van der Waals surface area contributed by atoms with Crippen LogP contribution in [0.1, 0.15) is 49.9 Å². The van der Waals surface area contributed by atoms with Gasteiger partial charge in [0.2, 0.25) is 0 Å². The molecule has 0 spiro atoms. The van der Waals surface area contributed by atoms with Gasteiger partial charge in [-0.25, -0.2) is 0 Å². The molecule has 0 radical (unpaired) electrons. The number of hydrogen-bond acceptors (Lipinski definition) is 3. The van der Waals surface area contributed by atoms with Crippen molar-refractivity contribution in [3.8, 4) is 11.5 Å². The summed E-state index contributed by atoms with van der Waals surface area (Å²) in [5, 5.41) is 0. The monoisotopic (exact) mass is 402 g/mol. The van der Waals surface area contributed by atoms with E-state index < -0.39 is 0 Å². The van der Waals surface area contributed by atoms with Gasteiger partial charge < -0.3 is 9.47 Å². The second-order valence-electron chi connectivity index (χ2n) is 8.85. The molecule has 3 nitrogen and oxygen atoms in total. The third-order valence-electron chi connectivity index (χ3n) is 5.93. The molecule has 0 saturated heterocycles. The van der Waals surface area contributed by atoms with Gasteiger partial charge in [0, 0.05) is 5.41 Å². The van der Waals surface area contributed by atoms with Crippen LogP contribution in [0.3, 0.4) is 0 Å². The van der Waals surface area contributed by atoms with E-state index in [9.17, 15) is 4.79 Å². The van der Waals surface area contributed by atoms with Crippen LogP contribution in [0, 0.1) is 0 Å². The van der Waals surface area contributed by atoms with E-state index in [-0.39, 0.29) is 10.8 Å². The van der Waals surface area contributed by atoms with Gasteiger partial charge in [-0.05, 0) is 58.4 Å². The average molecular weight is 403 g/mol. The van der Waals surface area contributed by atoms with E-state index >= 15 is 0 Å². The summed E-state index contributed by atoms with van der Waals surface area (Å²) >= 11 is 0. The van der Waals surface area contributed by atoms with Crippen molar-refractivity contribution in [2.75, 3.05) is 7.11 Å². The lowest BCUT2D eigenvalue weighted by atomic mass is 9.75. The molecule has 3 aromatic rings. The number of ether oxygens (including phenoxy) is 2. The predicted molar refractivity (Wildman–Crippen MR) is 121 cm³/mol. The van der Waals surface area contributed by atoms with Gasteiger partial charge in [0.1, 0.15) is 11.5 Å². The molecule has 0 aromatic heterocycles. The van der Waals surface area contributed by atoms with Crippen molar-refractivity contribution in [3.05, 3.63) is 95.1 Å². The largest absolute Gasteiger partial charge is 0.497 e. The van der Waals surface area contributed by atoms with E-state index in [1.807, 2.05) is 36.4 Å². The van der Waals surface area contributed by atoms with Crippen LogP contribution in [-0.2, 0) is 22.0 Å². The molecule has 0 unspecified atom stereocenters. The minimum atomic E-state index is -0.167. The lowest BCUT2D eigenvalue weighted by molar-refractivity contribution is -0.120. The van der Waals surface area contributed by atoms with Crippen LogP contribution < -0.4 is 9.47 Å². The third-order valence-corrected chi connectivity index (χ3v) is 5.93. The van der Waals surface area contributed by atoms with Crippen LogP contribution in [-0.4, -0.2) is 13.6 Å². The van der Waals surface area contributed by atoms with E-state index in [4.69, 9.17) is 9.47 Å². The molecule has 0 aliphatic carbocycles. The zero-order valence-electron chi connectivity index (χ0n) is 18.4. The molecule has 0 N–H and O–H groups in total. The Balaban J connectivity index is 1.84. The van der Waals surface area contributed by atoms with Crippen molar-refractivity contribution in [1.29, 1.82) is 0 Å². The van der Waals surface area contributed by atoms with E-state index in [2.05, 4.69) is 64.1 Å². The predicted octanol–water partition coefficient (Wildman–Crippen LogP) is 6.08. The minimum Gasteiger partial charge on any atom is -0.497 e. The molecule has 3 rings (SSSR count). The molecule has 0 saturated carbocycles. The normalized spacial score (nSPS) is 11.8. The Bertz CT molecular complexity index is 983. The highest BCUT2D eigenvalue weighted by Gasteiger charge is 2.25. The zero-order chi connectivity index (χ0) is 21.8. The smallest absolute Gasteiger partial charge is 0.298 e. The maximum Gasteiger partial charge on any atom is 0.298 e. The molecular weight excluding hydrogens is 372 g/mol. The number of carbonyl (C=O) groups excluding carboxylic acids is 1. The van der Waals surface area contributed by atoms with Crippen LogP contribution >= 0.6 is 0 Å². The van der Waals surface area contributed by atoms with Gasteiger partial charge in [-0.2, -0.15) is 0 Å². The van der Waals surface area contributed by atoms with Crippen molar-refractivity contribution in [2.45, 2.75) is 44.9 Å². The van der Waals surface area contributed by atoms with Crippen LogP contribution in [0.25, 0.3) is 0 Å². The molecular formula is C27H30O3. The fourth-order valence-corrected chi connectivity index (χ4v) is 3.90. The van der Waals surface area contributed by atoms with Crippen molar-refractivity contribution in [1.82, 2.24) is 0 Å². The topological polar surface area (TPSA) is 35.5 Å². The Morgan fingerprint density at radius 3 is 1.97 bits per heavy atom. The molecule has 0 heterocycles. The Kier molecular flexibility index (Phi) is 6.31. The van der Waals surface area contributed by atoms with Gasteiger partial charge in [0.05, 0.1) is 7.11 Å². The fraction of sp³-hybridized carbons (Fsp3) is 0.296. The first-order valence-corrected chi connectivity index (χ1v) is 10.2. The van der Waals surface area contributed by atoms with Crippen molar-refractivity contribution >= 4 is 6.47 Å². The fourth-order valence-electron chi connectivity index (χ4n) is 3.90. The first-order valence-electron chi connectivity index (χ1n) is 10.2. The van der Waals surface area contributed by atoms with Crippen molar-refractivity contribution in [3.63, 3.8) is 0 Å². The second-order valence-corrected chi connectivity index (χ2v) is 8.85. The summed E-state index contributed by atoms with van der Waals surface area (Å²) in [6.45, 7) is 9.44. The molecule has 0 bridgehead atoms. The van der Waals surface area contributed by atoms with E-state index in [0.29, 0.717) is 12.2 Å². The van der Waals surface area contributed by atoms with Crippen molar-refractivity contribution in [2.24, 2.45) is 0 Å². The highest BCUT2D eigenvalue weighted by atomic mass is 16.5. The Morgan fingerprint density at radius 2 is 1.37 bits per heavy atom.